The fourth-order valence-electron chi connectivity index (χ4n) is 2.09. The standard InChI is InChI=1S/C18H20F4N4O/c1-2-24-17(25-9-7-18(20,21)22)26-11-13-5-6-16(15(19)10-13)27-14-4-3-8-23-12-14/h3-6,8,10,12H,2,7,9,11H2,1H3,(H2,24,25,26). The average Bonchev–Trinajstić information content (AvgIpc) is 2.61. The number of pyridine rings is 1. The fourth-order valence-corrected chi connectivity index (χ4v) is 2.09. The van der Waals surface area contributed by atoms with Crippen LogP contribution in [0.2, 0.25) is 0 Å². The lowest BCUT2D eigenvalue weighted by molar-refractivity contribution is -0.132. The van der Waals surface area contributed by atoms with E-state index in [2.05, 4.69) is 20.6 Å². The number of aromatic nitrogens is 1. The molecule has 5 nitrogen and oxygen atoms in total. The summed E-state index contributed by atoms with van der Waals surface area (Å²) in [5.74, 6) is 0.121. The molecule has 0 aliphatic carbocycles. The van der Waals surface area contributed by atoms with E-state index in [-0.39, 0.29) is 24.8 Å². The van der Waals surface area contributed by atoms with E-state index in [9.17, 15) is 17.6 Å². The zero-order chi connectivity index (χ0) is 19.7. The van der Waals surface area contributed by atoms with E-state index in [4.69, 9.17) is 4.74 Å². The summed E-state index contributed by atoms with van der Waals surface area (Å²) in [6.07, 6.45) is -2.16. The van der Waals surface area contributed by atoms with Gasteiger partial charge in [-0.3, -0.25) is 4.98 Å². The molecule has 1 heterocycles. The van der Waals surface area contributed by atoms with Crippen LogP contribution in [0.25, 0.3) is 0 Å². The van der Waals surface area contributed by atoms with Crippen LogP contribution in [0.1, 0.15) is 18.9 Å². The summed E-state index contributed by atoms with van der Waals surface area (Å²) in [4.78, 5) is 8.05. The number of guanidine groups is 1. The molecule has 0 radical (unpaired) electrons. The Kier molecular flexibility index (Phi) is 7.39. The topological polar surface area (TPSA) is 58.5 Å². The molecule has 0 amide bonds. The van der Waals surface area contributed by atoms with Gasteiger partial charge in [-0.1, -0.05) is 6.07 Å². The minimum atomic E-state index is -4.24. The van der Waals surface area contributed by atoms with Crippen LogP contribution in [0.15, 0.2) is 47.7 Å². The highest BCUT2D eigenvalue weighted by atomic mass is 19.4. The molecular formula is C18H20F4N4O. The first-order chi connectivity index (χ1) is 12.9. The molecule has 2 N–H and O–H groups in total. The number of nitrogens with zero attached hydrogens (tertiary/aromatic N) is 2. The molecule has 2 rings (SSSR count). The molecule has 9 heteroatoms. The Labute approximate surface area is 154 Å². The number of hydrogen-bond donors (Lipinski definition) is 2. The van der Waals surface area contributed by atoms with Crippen molar-refractivity contribution >= 4 is 5.96 Å². The van der Waals surface area contributed by atoms with Crippen LogP contribution in [0.5, 0.6) is 11.5 Å². The molecule has 0 aliphatic heterocycles. The molecule has 146 valence electrons. The second-order valence-corrected chi connectivity index (χ2v) is 5.54. The van der Waals surface area contributed by atoms with Gasteiger partial charge < -0.3 is 15.4 Å². The summed E-state index contributed by atoms with van der Waals surface area (Å²) in [6, 6.07) is 7.70. The van der Waals surface area contributed by atoms with E-state index in [1.807, 2.05) is 0 Å². The van der Waals surface area contributed by atoms with Gasteiger partial charge in [-0.25, -0.2) is 9.38 Å². The highest BCUT2D eigenvalue weighted by Crippen LogP contribution is 2.24. The van der Waals surface area contributed by atoms with Crippen molar-refractivity contribution in [2.45, 2.75) is 26.1 Å². The maximum atomic E-state index is 14.2. The zero-order valence-corrected chi connectivity index (χ0v) is 14.7. The third kappa shape index (κ3) is 7.51. The molecule has 0 unspecified atom stereocenters. The van der Waals surface area contributed by atoms with Gasteiger partial charge in [0.15, 0.2) is 17.5 Å². The molecule has 0 aliphatic rings. The number of nitrogens with one attached hydrogen (secondary N) is 2. The predicted octanol–water partition coefficient (Wildman–Crippen LogP) is 4.02. The Balaban J connectivity index is 1.98. The van der Waals surface area contributed by atoms with Gasteiger partial charge in [0.2, 0.25) is 0 Å². The number of halogens is 4. The van der Waals surface area contributed by atoms with Crippen molar-refractivity contribution in [1.29, 1.82) is 0 Å². The number of hydrogen-bond acceptors (Lipinski definition) is 3. The van der Waals surface area contributed by atoms with Gasteiger partial charge in [0.1, 0.15) is 5.75 Å². The molecule has 0 saturated heterocycles. The molecule has 1 aromatic carbocycles. The summed E-state index contributed by atoms with van der Waals surface area (Å²) in [7, 11) is 0. The van der Waals surface area contributed by atoms with Crippen LogP contribution < -0.4 is 15.4 Å². The Morgan fingerprint density at radius 1 is 1.22 bits per heavy atom. The fraction of sp³-hybridized carbons (Fsp3) is 0.333. The first-order valence-corrected chi connectivity index (χ1v) is 8.32. The number of alkyl halides is 3. The van der Waals surface area contributed by atoms with Crippen molar-refractivity contribution in [1.82, 2.24) is 15.6 Å². The van der Waals surface area contributed by atoms with Crippen molar-refractivity contribution in [3.8, 4) is 11.5 Å². The van der Waals surface area contributed by atoms with Crippen LogP contribution in [-0.2, 0) is 6.54 Å². The van der Waals surface area contributed by atoms with Crippen LogP contribution in [-0.4, -0.2) is 30.2 Å². The van der Waals surface area contributed by atoms with Crippen molar-refractivity contribution in [2.24, 2.45) is 4.99 Å². The van der Waals surface area contributed by atoms with Gasteiger partial charge in [0.25, 0.3) is 0 Å². The molecule has 0 atom stereocenters. The smallest absolute Gasteiger partial charge is 0.390 e. The number of benzene rings is 1. The summed E-state index contributed by atoms with van der Waals surface area (Å²) in [5, 5.41) is 5.44. The Hall–Kier alpha value is -2.84. The van der Waals surface area contributed by atoms with Crippen molar-refractivity contribution in [2.75, 3.05) is 13.1 Å². The number of ether oxygens (including phenoxy) is 1. The third-order valence-electron chi connectivity index (χ3n) is 3.32. The van der Waals surface area contributed by atoms with E-state index < -0.39 is 18.4 Å². The minimum Gasteiger partial charge on any atom is -0.453 e. The molecule has 0 spiro atoms. The minimum absolute atomic E-state index is 0.0472. The van der Waals surface area contributed by atoms with Gasteiger partial charge in [-0.05, 0) is 36.8 Å². The van der Waals surface area contributed by atoms with Gasteiger partial charge in [0.05, 0.1) is 19.2 Å². The Morgan fingerprint density at radius 3 is 2.67 bits per heavy atom. The van der Waals surface area contributed by atoms with E-state index in [1.54, 1.807) is 31.3 Å². The SMILES string of the molecule is CCNC(=NCc1ccc(Oc2cccnc2)c(F)c1)NCCC(F)(F)F. The van der Waals surface area contributed by atoms with E-state index >= 15 is 0 Å². The maximum absolute atomic E-state index is 14.2. The lowest BCUT2D eigenvalue weighted by atomic mass is 10.2. The summed E-state index contributed by atoms with van der Waals surface area (Å²) in [5.41, 5.74) is 0.555. The monoisotopic (exact) mass is 384 g/mol. The Bertz CT molecular complexity index is 751. The summed E-state index contributed by atoms with van der Waals surface area (Å²) < 4.78 is 56.3. The van der Waals surface area contributed by atoms with Gasteiger partial charge in [0, 0.05) is 19.3 Å². The van der Waals surface area contributed by atoms with Crippen LogP contribution in [0.4, 0.5) is 17.6 Å². The summed E-state index contributed by atoms with van der Waals surface area (Å²) >= 11 is 0. The highest BCUT2D eigenvalue weighted by Gasteiger charge is 2.26. The molecule has 0 fully saturated rings. The van der Waals surface area contributed by atoms with E-state index in [1.165, 1.54) is 18.3 Å². The summed E-state index contributed by atoms with van der Waals surface area (Å²) in [6.45, 7) is 2.10. The lowest BCUT2D eigenvalue weighted by Gasteiger charge is -2.12. The zero-order valence-electron chi connectivity index (χ0n) is 14.7. The van der Waals surface area contributed by atoms with Crippen molar-refractivity contribution < 1.29 is 22.3 Å². The van der Waals surface area contributed by atoms with Crippen LogP contribution in [0.3, 0.4) is 0 Å². The van der Waals surface area contributed by atoms with Crippen molar-refractivity contribution in [3.05, 3.63) is 54.1 Å². The molecule has 27 heavy (non-hydrogen) atoms. The third-order valence-corrected chi connectivity index (χ3v) is 3.32. The normalized spacial score (nSPS) is 12.0. The maximum Gasteiger partial charge on any atom is 0.390 e. The van der Waals surface area contributed by atoms with Crippen LogP contribution in [0, 0.1) is 5.82 Å². The Morgan fingerprint density at radius 2 is 2.04 bits per heavy atom. The highest BCUT2D eigenvalue weighted by molar-refractivity contribution is 5.79. The second kappa shape index (κ2) is 9.75. The number of rotatable bonds is 7. The predicted molar refractivity (Wildman–Crippen MR) is 94.2 cm³/mol. The molecule has 0 bridgehead atoms. The molecule has 1 aromatic heterocycles. The first-order valence-electron chi connectivity index (χ1n) is 8.32. The van der Waals surface area contributed by atoms with E-state index in [0.29, 0.717) is 17.9 Å². The van der Waals surface area contributed by atoms with E-state index in [0.717, 1.165) is 0 Å². The molecular weight excluding hydrogens is 364 g/mol. The largest absolute Gasteiger partial charge is 0.453 e. The van der Waals surface area contributed by atoms with Gasteiger partial charge >= 0.3 is 6.18 Å². The van der Waals surface area contributed by atoms with Crippen molar-refractivity contribution in [3.63, 3.8) is 0 Å². The first kappa shape index (κ1) is 20.5. The quantitative estimate of drug-likeness (QED) is 0.430. The lowest BCUT2D eigenvalue weighted by Crippen LogP contribution is -2.38. The average molecular weight is 384 g/mol. The van der Waals surface area contributed by atoms with Gasteiger partial charge in [-0.2, -0.15) is 13.2 Å². The molecule has 0 saturated carbocycles. The van der Waals surface area contributed by atoms with Gasteiger partial charge in [-0.15, -0.1) is 0 Å². The molecule has 2 aromatic rings. The second-order valence-electron chi connectivity index (χ2n) is 5.54. The van der Waals surface area contributed by atoms with Crippen LogP contribution >= 0.6 is 0 Å². The number of aliphatic imine (C=N–C) groups is 1.